The second kappa shape index (κ2) is 3.81. The van der Waals surface area contributed by atoms with Gasteiger partial charge in [0, 0.05) is 13.1 Å². The fourth-order valence-electron chi connectivity index (χ4n) is 1.40. The Bertz CT molecular complexity index is 374. The zero-order chi connectivity index (χ0) is 10.8. The Morgan fingerprint density at radius 3 is 2.73 bits per heavy atom. The molecule has 1 aliphatic carbocycles. The van der Waals surface area contributed by atoms with Crippen LogP contribution in [0.5, 0.6) is 0 Å². The summed E-state index contributed by atoms with van der Waals surface area (Å²) in [6.45, 7) is 0. The normalized spacial score (nSPS) is 14.7. The summed E-state index contributed by atoms with van der Waals surface area (Å²) in [6, 6.07) is 7.62. The van der Waals surface area contributed by atoms with Gasteiger partial charge in [-0.25, -0.2) is 4.79 Å². The summed E-state index contributed by atoms with van der Waals surface area (Å²) < 4.78 is 0. The number of benzene rings is 1. The van der Waals surface area contributed by atoms with Crippen LogP contribution in [-0.2, 0) is 0 Å². The predicted molar refractivity (Wildman–Crippen MR) is 60.8 cm³/mol. The molecule has 1 aromatic carbocycles. The molecule has 0 spiro atoms. The maximum atomic E-state index is 11.7. The number of nitrogen functional groups attached to an aromatic ring is 1. The summed E-state index contributed by atoms with van der Waals surface area (Å²) >= 11 is 0. The second-order valence-electron chi connectivity index (χ2n) is 3.84. The number of anilines is 2. The van der Waals surface area contributed by atoms with Crippen LogP contribution in [-0.4, -0.2) is 19.1 Å². The van der Waals surface area contributed by atoms with Gasteiger partial charge < -0.3 is 11.1 Å². The van der Waals surface area contributed by atoms with Crippen LogP contribution in [0.1, 0.15) is 12.8 Å². The molecule has 3 N–H and O–H groups in total. The first-order valence-corrected chi connectivity index (χ1v) is 5.07. The summed E-state index contributed by atoms with van der Waals surface area (Å²) in [6.07, 6.45) is 2.17. The van der Waals surface area contributed by atoms with Gasteiger partial charge in [0.05, 0.1) is 11.4 Å². The second-order valence-corrected chi connectivity index (χ2v) is 3.84. The minimum atomic E-state index is -0.0876. The number of nitrogens with zero attached hydrogens (tertiary/aromatic N) is 1. The van der Waals surface area contributed by atoms with Crippen molar-refractivity contribution in [2.24, 2.45) is 0 Å². The van der Waals surface area contributed by atoms with Crippen LogP contribution in [0.25, 0.3) is 0 Å². The van der Waals surface area contributed by atoms with Crippen molar-refractivity contribution in [3.8, 4) is 0 Å². The summed E-state index contributed by atoms with van der Waals surface area (Å²) in [5, 5.41) is 2.91. The molecule has 1 fully saturated rings. The van der Waals surface area contributed by atoms with E-state index in [1.54, 1.807) is 18.0 Å². The van der Waals surface area contributed by atoms with E-state index in [1.165, 1.54) is 0 Å². The Kier molecular flexibility index (Phi) is 2.49. The van der Waals surface area contributed by atoms with Gasteiger partial charge in [0.15, 0.2) is 0 Å². The van der Waals surface area contributed by atoms with Crippen LogP contribution >= 0.6 is 0 Å². The molecule has 4 heteroatoms. The lowest BCUT2D eigenvalue weighted by Crippen LogP contribution is -2.38. The van der Waals surface area contributed by atoms with E-state index in [0.717, 1.165) is 18.5 Å². The van der Waals surface area contributed by atoms with Gasteiger partial charge in [0.1, 0.15) is 0 Å². The quantitative estimate of drug-likeness (QED) is 0.720. The highest BCUT2D eigenvalue weighted by Crippen LogP contribution is 2.23. The third kappa shape index (κ3) is 2.21. The molecule has 0 unspecified atom stereocenters. The first-order valence-electron chi connectivity index (χ1n) is 5.07. The van der Waals surface area contributed by atoms with E-state index in [2.05, 4.69) is 5.32 Å². The lowest BCUT2D eigenvalue weighted by atomic mass is 10.2. The van der Waals surface area contributed by atoms with Crippen molar-refractivity contribution >= 4 is 17.4 Å². The minimum Gasteiger partial charge on any atom is -0.397 e. The van der Waals surface area contributed by atoms with Gasteiger partial charge in [0.25, 0.3) is 0 Å². The van der Waals surface area contributed by atoms with Gasteiger partial charge in [-0.1, -0.05) is 12.1 Å². The fraction of sp³-hybridized carbons (Fsp3) is 0.364. The van der Waals surface area contributed by atoms with E-state index in [9.17, 15) is 4.79 Å². The number of hydrogen-bond donors (Lipinski definition) is 2. The number of hydrogen-bond acceptors (Lipinski definition) is 2. The van der Waals surface area contributed by atoms with Crippen LogP contribution in [0.2, 0.25) is 0 Å². The molecule has 0 saturated heterocycles. The van der Waals surface area contributed by atoms with Gasteiger partial charge in [-0.05, 0) is 25.0 Å². The molecule has 0 bridgehead atoms. The van der Waals surface area contributed by atoms with E-state index in [-0.39, 0.29) is 6.03 Å². The topological polar surface area (TPSA) is 58.4 Å². The molecule has 4 nitrogen and oxygen atoms in total. The number of carbonyl (C=O) groups is 1. The van der Waals surface area contributed by atoms with Gasteiger partial charge >= 0.3 is 6.03 Å². The number of nitrogens with two attached hydrogens (primary N) is 1. The van der Waals surface area contributed by atoms with Gasteiger partial charge in [-0.2, -0.15) is 0 Å². The molecule has 80 valence electrons. The molecule has 0 aliphatic heterocycles. The molecule has 0 radical (unpaired) electrons. The van der Waals surface area contributed by atoms with Crippen molar-refractivity contribution in [2.45, 2.75) is 18.9 Å². The van der Waals surface area contributed by atoms with E-state index in [1.807, 2.05) is 18.2 Å². The number of urea groups is 1. The lowest BCUT2D eigenvalue weighted by molar-refractivity contribution is 0.247. The van der Waals surface area contributed by atoms with Crippen LogP contribution in [0, 0.1) is 0 Å². The molecular formula is C11H15N3O. The molecule has 0 atom stereocenters. The van der Waals surface area contributed by atoms with Crippen LogP contribution < -0.4 is 16.0 Å². The number of carbonyl (C=O) groups excluding carboxylic acids is 1. The number of rotatable bonds is 2. The van der Waals surface area contributed by atoms with E-state index < -0.39 is 0 Å². The molecular weight excluding hydrogens is 190 g/mol. The van der Waals surface area contributed by atoms with E-state index >= 15 is 0 Å². The average Bonchev–Trinajstić information content (AvgIpc) is 3.01. The Morgan fingerprint density at radius 2 is 2.13 bits per heavy atom. The van der Waals surface area contributed by atoms with Crippen molar-refractivity contribution in [3.05, 3.63) is 24.3 Å². The largest absolute Gasteiger partial charge is 0.397 e. The molecule has 1 saturated carbocycles. The van der Waals surface area contributed by atoms with Gasteiger partial charge in [-0.3, -0.25) is 4.90 Å². The molecule has 15 heavy (non-hydrogen) atoms. The molecule has 0 heterocycles. The molecule has 2 amide bonds. The highest BCUT2D eigenvalue weighted by Gasteiger charge is 2.25. The molecule has 1 aliphatic rings. The molecule has 0 aromatic heterocycles. The highest BCUT2D eigenvalue weighted by molar-refractivity contribution is 5.94. The van der Waals surface area contributed by atoms with E-state index in [4.69, 9.17) is 5.73 Å². The third-order valence-corrected chi connectivity index (χ3v) is 2.51. The van der Waals surface area contributed by atoms with Crippen molar-refractivity contribution in [3.63, 3.8) is 0 Å². The van der Waals surface area contributed by atoms with Crippen molar-refractivity contribution in [1.82, 2.24) is 5.32 Å². The maximum absolute atomic E-state index is 11.7. The monoisotopic (exact) mass is 205 g/mol. The van der Waals surface area contributed by atoms with Crippen molar-refractivity contribution < 1.29 is 4.79 Å². The Labute approximate surface area is 89.1 Å². The van der Waals surface area contributed by atoms with Gasteiger partial charge in [0.2, 0.25) is 0 Å². The van der Waals surface area contributed by atoms with Crippen LogP contribution in [0.4, 0.5) is 16.2 Å². The maximum Gasteiger partial charge on any atom is 0.321 e. The molecule has 1 aromatic rings. The number of para-hydroxylation sites is 2. The molecule has 2 rings (SSSR count). The Morgan fingerprint density at radius 1 is 1.47 bits per heavy atom. The van der Waals surface area contributed by atoms with Crippen LogP contribution in [0.3, 0.4) is 0 Å². The van der Waals surface area contributed by atoms with Gasteiger partial charge in [-0.15, -0.1) is 0 Å². The number of nitrogens with one attached hydrogen (secondary N) is 1. The van der Waals surface area contributed by atoms with Crippen molar-refractivity contribution in [2.75, 3.05) is 17.7 Å². The highest BCUT2D eigenvalue weighted by atomic mass is 16.2. The first-order chi connectivity index (χ1) is 7.18. The zero-order valence-corrected chi connectivity index (χ0v) is 8.73. The summed E-state index contributed by atoms with van der Waals surface area (Å²) in [5.41, 5.74) is 7.15. The Hall–Kier alpha value is -1.71. The van der Waals surface area contributed by atoms with Crippen LogP contribution in [0.15, 0.2) is 24.3 Å². The summed E-state index contributed by atoms with van der Waals surface area (Å²) in [4.78, 5) is 13.3. The fourth-order valence-corrected chi connectivity index (χ4v) is 1.40. The third-order valence-electron chi connectivity index (χ3n) is 2.51. The smallest absolute Gasteiger partial charge is 0.321 e. The summed E-state index contributed by atoms with van der Waals surface area (Å²) in [5.74, 6) is 0. The summed E-state index contributed by atoms with van der Waals surface area (Å²) in [7, 11) is 1.73. The standard InChI is InChI=1S/C11H15N3O/c1-14(11(15)13-8-6-7-8)10-5-3-2-4-9(10)12/h2-5,8H,6-7,12H2,1H3,(H,13,15). The average molecular weight is 205 g/mol. The Balaban J connectivity index is 2.08. The zero-order valence-electron chi connectivity index (χ0n) is 8.73. The lowest BCUT2D eigenvalue weighted by Gasteiger charge is -2.19. The minimum absolute atomic E-state index is 0.0876. The SMILES string of the molecule is CN(C(=O)NC1CC1)c1ccccc1N. The first kappa shape index (κ1) is 9.83. The van der Waals surface area contributed by atoms with E-state index in [0.29, 0.717) is 11.7 Å². The number of amides is 2. The van der Waals surface area contributed by atoms with Crippen molar-refractivity contribution in [1.29, 1.82) is 0 Å². The predicted octanol–water partition coefficient (Wildman–Crippen LogP) is 1.58.